The van der Waals surface area contributed by atoms with Crippen LogP contribution in [-0.2, 0) is 9.47 Å². The molecule has 0 atom stereocenters. The number of halogens is 2. The van der Waals surface area contributed by atoms with E-state index in [0.29, 0.717) is 11.1 Å². The fraction of sp³-hybridized carbons (Fsp3) is 0.500. The van der Waals surface area contributed by atoms with Gasteiger partial charge in [-0.15, -0.1) is 0 Å². The van der Waals surface area contributed by atoms with E-state index in [4.69, 9.17) is 21.1 Å². The van der Waals surface area contributed by atoms with Crippen molar-refractivity contribution in [3.8, 4) is 0 Å². The van der Waals surface area contributed by atoms with E-state index in [2.05, 4.69) is 37.9 Å². The third-order valence-electron chi connectivity index (χ3n) is 4.37. The van der Waals surface area contributed by atoms with Gasteiger partial charge in [-0.1, -0.05) is 27.5 Å². The van der Waals surface area contributed by atoms with Crippen molar-refractivity contribution in [2.75, 3.05) is 38.3 Å². The first kappa shape index (κ1) is 17.9. The molecule has 1 aliphatic heterocycles. The summed E-state index contributed by atoms with van der Waals surface area (Å²) in [6.45, 7) is 3.51. The van der Waals surface area contributed by atoms with Gasteiger partial charge in [-0.25, -0.2) is 0 Å². The Kier molecular flexibility index (Phi) is 6.33. The van der Waals surface area contributed by atoms with Crippen LogP contribution in [0.2, 0.25) is 5.02 Å². The summed E-state index contributed by atoms with van der Waals surface area (Å²) in [4.78, 5) is 6.84. The first-order valence-electron chi connectivity index (χ1n) is 8.28. The van der Waals surface area contributed by atoms with Crippen LogP contribution in [0.15, 0.2) is 28.9 Å². The maximum atomic E-state index is 6.34. The average molecular weight is 414 g/mol. The zero-order valence-electron chi connectivity index (χ0n) is 13.8. The van der Waals surface area contributed by atoms with Crippen LogP contribution in [0.1, 0.15) is 19.3 Å². The highest BCUT2D eigenvalue weighted by Gasteiger charge is 2.21. The number of nitrogens with zero attached hydrogens (tertiary/aromatic N) is 2. The lowest BCUT2D eigenvalue weighted by molar-refractivity contribution is 0.0258. The zero-order valence-corrected chi connectivity index (χ0v) is 16.1. The minimum Gasteiger partial charge on any atom is -0.385 e. The van der Waals surface area contributed by atoms with Gasteiger partial charge in [-0.05, 0) is 37.5 Å². The molecule has 4 nitrogen and oxygen atoms in total. The number of hydrogen-bond acceptors (Lipinski definition) is 4. The largest absolute Gasteiger partial charge is 0.385 e. The standard InChI is InChI=1S/C18H22BrClN2O2/c1-23-9-2-10-24-14-4-7-22(8-5-14)17-3-6-21-18-15(17)11-13(19)12-16(18)20/h3,6,11-12,14H,2,4-5,7-10H2,1H3. The Labute approximate surface area is 156 Å². The smallest absolute Gasteiger partial charge is 0.0909 e. The van der Waals surface area contributed by atoms with Crippen molar-refractivity contribution in [3.63, 3.8) is 0 Å². The lowest BCUT2D eigenvalue weighted by Gasteiger charge is -2.34. The molecular formula is C18H22BrClN2O2. The molecule has 0 saturated carbocycles. The third kappa shape index (κ3) is 4.20. The van der Waals surface area contributed by atoms with Gasteiger partial charge in [0.05, 0.1) is 16.6 Å². The van der Waals surface area contributed by atoms with Crippen molar-refractivity contribution in [2.24, 2.45) is 0 Å². The number of hydrogen-bond donors (Lipinski definition) is 0. The maximum absolute atomic E-state index is 6.34. The number of rotatable bonds is 6. The van der Waals surface area contributed by atoms with Crippen molar-refractivity contribution >= 4 is 44.1 Å². The van der Waals surface area contributed by atoms with E-state index in [1.165, 1.54) is 5.69 Å². The van der Waals surface area contributed by atoms with Crippen LogP contribution in [0.5, 0.6) is 0 Å². The van der Waals surface area contributed by atoms with Crippen LogP contribution in [-0.4, -0.2) is 44.5 Å². The minimum absolute atomic E-state index is 0.349. The van der Waals surface area contributed by atoms with Gasteiger partial charge in [0.1, 0.15) is 0 Å². The van der Waals surface area contributed by atoms with Crippen molar-refractivity contribution in [3.05, 3.63) is 33.9 Å². The second-order valence-electron chi connectivity index (χ2n) is 6.02. The quantitative estimate of drug-likeness (QED) is 0.644. The van der Waals surface area contributed by atoms with E-state index in [9.17, 15) is 0 Å². The Morgan fingerprint density at radius 3 is 2.83 bits per heavy atom. The van der Waals surface area contributed by atoms with Crippen molar-refractivity contribution < 1.29 is 9.47 Å². The van der Waals surface area contributed by atoms with Gasteiger partial charge in [0.2, 0.25) is 0 Å². The first-order chi connectivity index (χ1) is 11.7. The Bertz CT molecular complexity index is 690. The second-order valence-corrected chi connectivity index (χ2v) is 7.34. The predicted octanol–water partition coefficient (Wildman–Crippen LogP) is 4.67. The van der Waals surface area contributed by atoms with E-state index >= 15 is 0 Å². The molecule has 1 fully saturated rings. The number of aromatic nitrogens is 1. The molecule has 1 aromatic carbocycles. The van der Waals surface area contributed by atoms with Crippen LogP contribution in [0.3, 0.4) is 0 Å². The summed E-state index contributed by atoms with van der Waals surface area (Å²) >= 11 is 9.87. The number of ether oxygens (including phenoxy) is 2. The van der Waals surface area contributed by atoms with E-state index in [1.54, 1.807) is 7.11 Å². The zero-order chi connectivity index (χ0) is 16.9. The second kappa shape index (κ2) is 8.48. The molecule has 0 spiro atoms. The maximum Gasteiger partial charge on any atom is 0.0909 e. The number of pyridine rings is 1. The number of methoxy groups -OCH3 is 1. The number of anilines is 1. The van der Waals surface area contributed by atoms with Gasteiger partial charge in [0.15, 0.2) is 0 Å². The Morgan fingerprint density at radius 2 is 2.08 bits per heavy atom. The molecule has 130 valence electrons. The Hall–Kier alpha value is -0.880. The van der Waals surface area contributed by atoms with Crippen LogP contribution in [0.4, 0.5) is 5.69 Å². The van der Waals surface area contributed by atoms with Crippen LogP contribution in [0, 0.1) is 0 Å². The summed E-state index contributed by atoms with van der Waals surface area (Å²) < 4.78 is 12.0. The van der Waals surface area contributed by atoms with Crippen LogP contribution in [0.25, 0.3) is 10.9 Å². The van der Waals surface area contributed by atoms with Crippen LogP contribution >= 0.6 is 27.5 Å². The summed E-state index contributed by atoms with van der Waals surface area (Å²) in [6.07, 6.45) is 5.22. The molecule has 2 aromatic rings. The first-order valence-corrected chi connectivity index (χ1v) is 9.45. The molecule has 0 amide bonds. The van der Waals surface area contributed by atoms with Gasteiger partial charge < -0.3 is 14.4 Å². The van der Waals surface area contributed by atoms with Crippen molar-refractivity contribution in [2.45, 2.75) is 25.4 Å². The molecular weight excluding hydrogens is 392 g/mol. The molecule has 1 aliphatic rings. The summed E-state index contributed by atoms with van der Waals surface area (Å²) in [5, 5.41) is 1.77. The van der Waals surface area contributed by atoms with E-state index in [1.807, 2.05) is 12.3 Å². The highest BCUT2D eigenvalue weighted by atomic mass is 79.9. The Morgan fingerprint density at radius 1 is 1.29 bits per heavy atom. The van der Waals surface area contributed by atoms with Gasteiger partial charge in [0, 0.05) is 55.2 Å². The average Bonchev–Trinajstić information content (AvgIpc) is 2.59. The SMILES string of the molecule is COCCCOC1CCN(c2ccnc3c(Cl)cc(Br)cc23)CC1. The molecule has 0 radical (unpaired) electrons. The number of benzene rings is 1. The summed E-state index contributed by atoms with van der Waals surface area (Å²) in [5.74, 6) is 0. The van der Waals surface area contributed by atoms with E-state index < -0.39 is 0 Å². The molecule has 0 aliphatic carbocycles. The van der Waals surface area contributed by atoms with E-state index in [0.717, 1.165) is 60.9 Å². The highest BCUT2D eigenvalue weighted by Crippen LogP contribution is 2.34. The molecule has 1 aromatic heterocycles. The number of fused-ring (bicyclic) bond motifs is 1. The van der Waals surface area contributed by atoms with E-state index in [-0.39, 0.29) is 0 Å². The predicted molar refractivity (Wildman–Crippen MR) is 102 cm³/mol. The molecule has 0 N–H and O–H groups in total. The molecule has 0 bridgehead atoms. The monoisotopic (exact) mass is 412 g/mol. The Balaban J connectivity index is 1.67. The summed E-state index contributed by atoms with van der Waals surface area (Å²) in [6, 6.07) is 6.06. The number of piperidine rings is 1. The lowest BCUT2D eigenvalue weighted by atomic mass is 10.1. The molecule has 3 rings (SSSR count). The summed E-state index contributed by atoms with van der Waals surface area (Å²) in [7, 11) is 1.72. The normalized spacial score (nSPS) is 16.0. The van der Waals surface area contributed by atoms with Gasteiger partial charge in [-0.2, -0.15) is 0 Å². The summed E-state index contributed by atoms with van der Waals surface area (Å²) in [5.41, 5.74) is 2.05. The molecule has 1 saturated heterocycles. The topological polar surface area (TPSA) is 34.6 Å². The fourth-order valence-electron chi connectivity index (χ4n) is 3.16. The fourth-order valence-corrected chi connectivity index (χ4v) is 4.01. The molecule has 0 unspecified atom stereocenters. The van der Waals surface area contributed by atoms with Gasteiger partial charge >= 0.3 is 0 Å². The van der Waals surface area contributed by atoms with Crippen LogP contribution < -0.4 is 4.90 Å². The minimum atomic E-state index is 0.349. The molecule has 6 heteroatoms. The lowest BCUT2D eigenvalue weighted by Crippen LogP contribution is -2.37. The highest BCUT2D eigenvalue weighted by molar-refractivity contribution is 9.10. The van der Waals surface area contributed by atoms with Gasteiger partial charge in [0.25, 0.3) is 0 Å². The molecule has 24 heavy (non-hydrogen) atoms. The van der Waals surface area contributed by atoms with Crippen molar-refractivity contribution in [1.82, 2.24) is 4.98 Å². The third-order valence-corrected chi connectivity index (χ3v) is 5.12. The van der Waals surface area contributed by atoms with Gasteiger partial charge in [-0.3, -0.25) is 4.98 Å². The van der Waals surface area contributed by atoms with Crippen molar-refractivity contribution in [1.29, 1.82) is 0 Å². The molecule has 2 heterocycles.